The van der Waals surface area contributed by atoms with Gasteiger partial charge in [-0.3, -0.25) is 14.7 Å². The van der Waals surface area contributed by atoms with E-state index in [-0.39, 0.29) is 0 Å². The molecular formula is C18H20N6O. The number of carbonyl (C=O) groups is 1. The van der Waals surface area contributed by atoms with E-state index in [1.807, 2.05) is 18.3 Å². The maximum Gasteiger partial charge on any atom is 0.254 e. The van der Waals surface area contributed by atoms with Crippen molar-refractivity contribution in [1.29, 1.82) is 0 Å². The molecule has 7 nitrogen and oxygen atoms in total. The predicted octanol–water partition coefficient (Wildman–Crippen LogP) is 1.60. The fourth-order valence-corrected chi connectivity index (χ4v) is 3.58. The van der Waals surface area contributed by atoms with Gasteiger partial charge in [-0.05, 0) is 37.1 Å². The average Bonchev–Trinajstić information content (AvgIpc) is 3.07. The minimum Gasteiger partial charge on any atom is -0.365 e. The molecule has 3 aromatic heterocycles. The molecule has 1 aliphatic rings. The number of hydrogen-bond donors (Lipinski definition) is 1. The van der Waals surface area contributed by atoms with E-state index >= 15 is 0 Å². The van der Waals surface area contributed by atoms with Crippen molar-refractivity contribution in [3.63, 3.8) is 0 Å². The summed E-state index contributed by atoms with van der Waals surface area (Å²) in [5.41, 5.74) is 8.61. The maximum absolute atomic E-state index is 11.5. The molecule has 0 aromatic carbocycles. The van der Waals surface area contributed by atoms with Gasteiger partial charge >= 0.3 is 0 Å². The first-order valence-electron chi connectivity index (χ1n) is 8.46. The Morgan fingerprint density at radius 3 is 3.00 bits per heavy atom. The Labute approximate surface area is 145 Å². The number of primary amides is 1. The van der Waals surface area contributed by atoms with E-state index in [1.165, 1.54) is 11.8 Å². The number of rotatable bonds is 4. The molecule has 3 aromatic rings. The Morgan fingerprint density at radius 2 is 2.20 bits per heavy atom. The molecule has 25 heavy (non-hydrogen) atoms. The van der Waals surface area contributed by atoms with Crippen LogP contribution < -0.4 is 5.73 Å². The fourth-order valence-electron chi connectivity index (χ4n) is 3.58. The standard InChI is InChI=1S/C18H20N6O/c19-17(25)15-10-22-24-16(5-7-21-18(15)24)14-4-2-8-23(12-14)11-13-3-1-6-20-9-13/h1,3,5-7,9-10,14H,2,4,8,11-12H2,(H2,19,25). The zero-order valence-corrected chi connectivity index (χ0v) is 13.9. The number of nitrogens with two attached hydrogens (primary N) is 1. The summed E-state index contributed by atoms with van der Waals surface area (Å²) in [4.78, 5) is 22.5. The van der Waals surface area contributed by atoms with Gasteiger partial charge in [0.05, 0.1) is 11.9 Å². The van der Waals surface area contributed by atoms with Gasteiger partial charge in [0.1, 0.15) is 5.56 Å². The van der Waals surface area contributed by atoms with Gasteiger partial charge in [0.25, 0.3) is 5.91 Å². The van der Waals surface area contributed by atoms with Crippen LogP contribution in [-0.4, -0.2) is 43.5 Å². The molecule has 0 bridgehead atoms. The van der Waals surface area contributed by atoms with Crippen molar-refractivity contribution in [2.45, 2.75) is 25.3 Å². The van der Waals surface area contributed by atoms with Gasteiger partial charge in [-0.2, -0.15) is 5.10 Å². The van der Waals surface area contributed by atoms with Crippen LogP contribution in [0, 0.1) is 0 Å². The molecule has 1 fully saturated rings. The summed E-state index contributed by atoms with van der Waals surface area (Å²) in [6.07, 6.45) is 9.17. The van der Waals surface area contributed by atoms with Crippen molar-refractivity contribution in [3.05, 3.63) is 59.8 Å². The molecule has 4 rings (SSSR count). The molecule has 0 aliphatic carbocycles. The van der Waals surface area contributed by atoms with Crippen LogP contribution in [0.25, 0.3) is 5.65 Å². The maximum atomic E-state index is 11.5. The fraction of sp³-hybridized carbons (Fsp3) is 0.333. The van der Waals surface area contributed by atoms with Crippen molar-refractivity contribution in [2.24, 2.45) is 5.73 Å². The third kappa shape index (κ3) is 3.10. The van der Waals surface area contributed by atoms with Crippen LogP contribution in [0.15, 0.2) is 43.0 Å². The second-order valence-corrected chi connectivity index (χ2v) is 6.46. The monoisotopic (exact) mass is 336 g/mol. The number of amides is 1. The Bertz CT molecular complexity index is 891. The third-order valence-corrected chi connectivity index (χ3v) is 4.75. The van der Waals surface area contributed by atoms with Crippen LogP contribution in [0.3, 0.4) is 0 Å². The highest BCUT2D eigenvalue weighted by atomic mass is 16.1. The quantitative estimate of drug-likeness (QED) is 0.782. The molecule has 0 radical (unpaired) electrons. The molecule has 7 heteroatoms. The van der Waals surface area contributed by atoms with Gasteiger partial charge in [-0.15, -0.1) is 0 Å². The molecule has 1 atom stereocenters. The molecule has 1 amide bonds. The number of pyridine rings is 1. The molecule has 0 spiro atoms. The highest BCUT2D eigenvalue weighted by molar-refractivity contribution is 5.98. The number of nitrogens with zero attached hydrogens (tertiary/aromatic N) is 5. The van der Waals surface area contributed by atoms with Gasteiger partial charge in [0, 0.05) is 37.6 Å². The van der Waals surface area contributed by atoms with Crippen LogP contribution in [0.5, 0.6) is 0 Å². The Balaban J connectivity index is 1.59. The summed E-state index contributed by atoms with van der Waals surface area (Å²) in [5.74, 6) is -0.155. The molecular weight excluding hydrogens is 316 g/mol. The normalized spacial score (nSPS) is 18.5. The Hall–Kier alpha value is -2.80. The second kappa shape index (κ2) is 6.60. The number of piperidine rings is 1. The van der Waals surface area contributed by atoms with Crippen LogP contribution in [-0.2, 0) is 6.54 Å². The lowest BCUT2D eigenvalue weighted by Crippen LogP contribution is -2.34. The molecule has 2 N–H and O–H groups in total. The molecule has 1 aliphatic heterocycles. The summed E-state index contributed by atoms with van der Waals surface area (Å²) >= 11 is 0. The minimum absolute atomic E-state index is 0.344. The largest absolute Gasteiger partial charge is 0.365 e. The first kappa shape index (κ1) is 15.7. The lowest BCUT2D eigenvalue weighted by atomic mass is 9.94. The predicted molar refractivity (Wildman–Crippen MR) is 93.0 cm³/mol. The number of likely N-dealkylation sites (tertiary alicyclic amines) is 1. The summed E-state index contributed by atoms with van der Waals surface area (Å²) in [5, 5.41) is 4.35. The van der Waals surface area contributed by atoms with E-state index in [4.69, 9.17) is 5.73 Å². The second-order valence-electron chi connectivity index (χ2n) is 6.46. The third-order valence-electron chi connectivity index (χ3n) is 4.75. The molecule has 1 saturated heterocycles. The molecule has 128 valence electrons. The van der Waals surface area contributed by atoms with Crippen LogP contribution in [0.2, 0.25) is 0 Å². The lowest BCUT2D eigenvalue weighted by Gasteiger charge is -2.32. The Kier molecular flexibility index (Phi) is 4.15. The van der Waals surface area contributed by atoms with Crippen molar-refractivity contribution in [1.82, 2.24) is 24.5 Å². The van der Waals surface area contributed by atoms with E-state index in [2.05, 4.69) is 26.0 Å². The van der Waals surface area contributed by atoms with Gasteiger partial charge in [-0.25, -0.2) is 9.50 Å². The van der Waals surface area contributed by atoms with Gasteiger partial charge in [0.15, 0.2) is 5.65 Å². The topological polar surface area (TPSA) is 89.4 Å². The van der Waals surface area contributed by atoms with Crippen molar-refractivity contribution >= 4 is 11.6 Å². The van der Waals surface area contributed by atoms with Gasteiger partial charge < -0.3 is 5.73 Å². The number of hydrogen-bond acceptors (Lipinski definition) is 5. The summed E-state index contributed by atoms with van der Waals surface area (Å²) in [6.45, 7) is 2.91. The van der Waals surface area contributed by atoms with Crippen molar-refractivity contribution in [3.8, 4) is 0 Å². The van der Waals surface area contributed by atoms with Gasteiger partial charge in [0.2, 0.25) is 0 Å². The zero-order chi connectivity index (χ0) is 17.2. The Morgan fingerprint density at radius 1 is 1.28 bits per heavy atom. The number of fused-ring (bicyclic) bond motifs is 1. The van der Waals surface area contributed by atoms with E-state index < -0.39 is 5.91 Å². The highest BCUT2D eigenvalue weighted by Gasteiger charge is 2.24. The minimum atomic E-state index is -0.499. The number of aromatic nitrogens is 4. The van der Waals surface area contributed by atoms with Crippen LogP contribution >= 0.6 is 0 Å². The van der Waals surface area contributed by atoms with Crippen molar-refractivity contribution < 1.29 is 4.79 Å². The summed E-state index contributed by atoms with van der Waals surface area (Å²) in [6, 6.07) is 6.06. The van der Waals surface area contributed by atoms with E-state index in [1.54, 1.807) is 16.9 Å². The summed E-state index contributed by atoms with van der Waals surface area (Å²) < 4.78 is 1.76. The van der Waals surface area contributed by atoms with E-state index in [9.17, 15) is 4.79 Å². The lowest BCUT2D eigenvalue weighted by molar-refractivity contribution is 0.100. The zero-order valence-electron chi connectivity index (χ0n) is 13.9. The smallest absolute Gasteiger partial charge is 0.254 e. The molecule has 1 unspecified atom stereocenters. The highest BCUT2D eigenvalue weighted by Crippen LogP contribution is 2.28. The van der Waals surface area contributed by atoms with E-state index in [0.29, 0.717) is 17.1 Å². The SMILES string of the molecule is NC(=O)c1cnn2c(C3CCCN(Cc4cccnc4)C3)ccnc12. The molecule has 0 saturated carbocycles. The molecule has 4 heterocycles. The first-order valence-corrected chi connectivity index (χ1v) is 8.46. The summed E-state index contributed by atoms with van der Waals surface area (Å²) in [7, 11) is 0. The number of carbonyl (C=O) groups excluding carboxylic acids is 1. The van der Waals surface area contributed by atoms with E-state index in [0.717, 1.165) is 38.2 Å². The van der Waals surface area contributed by atoms with Crippen LogP contribution in [0.4, 0.5) is 0 Å². The van der Waals surface area contributed by atoms with Gasteiger partial charge in [-0.1, -0.05) is 6.07 Å². The van der Waals surface area contributed by atoms with Crippen LogP contribution in [0.1, 0.15) is 40.4 Å². The van der Waals surface area contributed by atoms with Crippen molar-refractivity contribution in [2.75, 3.05) is 13.1 Å². The first-order chi connectivity index (χ1) is 12.2. The average molecular weight is 336 g/mol.